The van der Waals surface area contributed by atoms with Crippen LogP contribution in [0.25, 0.3) is 10.2 Å². The molecule has 1 heterocycles. The topological polar surface area (TPSA) is 29.8 Å². The number of nitrogens with one attached hydrogen (secondary N) is 1. The van der Waals surface area contributed by atoms with Crippen LogP contribution in [0.15, 0.2) is 18.2 Å². The highest BCUT2D eigenvalue weighted by molar-refractivity contribution is 7.22. The fraction of sp³-hybridized carbons (Fsp3) is 0.533. The van der Waals surface area contributed by atoms with Gasteiger partial charge in [-0.2, -0.15) is 0 Å². The second kappa shape index (κ2) is 6.90. The third-order valence-corrected chi connectivity index (χ3v) is 4.64. The van der Waals surface area contributed by atoms with E-state index in [9.17, 15) is 0 Å². The van der Waals surface area contributed by atoms with Crippen molar-refractivity contribution in [1.29, 1.82) is 0 Å². The van der Waals surface area contributed by atoms with Crippen molar-refractivity contribution >= 4 is 26.7 Å². The van der Waals surface area contributed by atoms with E-state index in [1.165, 1.54) is 4.70 Å². The number of fused-ring (bicyclic) bond motifs is 1. The van der Waals surface area contributed by atoms with Gasteiger partial charge in [-0.25, -0.2) is 4.98 Å². The molecule has 0 fully saturated rings. The molecule has 1 aromatic carbocycles. The van der Waals surface area contributed by atoms with Crippen LogP contribution >= 0.6 is 11.3 Å². The molecule has 5 heteroatoms. The third kappa shape index (κ3) is 3.61. The fourth-order valence-electron chi connectivity index (χ4n) is 2.09. The van der Waals surface area contributed by atoms with Crippen LogP contribution in [-0.2, 0) is 0 Å². The van der Waals surface area contributed by atoms with Gasteiger partial charge in [0.15, 0.2) is 5.13 Å². The predicted molar refractivity (Wildman–Crippen MR) is 86.4 cm³/mol. The second-order valence-corrected chi connectivity index (χ2v) is 6.09. The van der Waals surface area contributed by atoms with Crippen LogP contribution in [0.3, 0.4) is 0 Å². The number of nitrogens with zero attached hydrogens (tertiary/aromatic N) is 2. The Morgan fingerprint density at radius 2 is 2.00 bits per heavy atom. The zero-order chi connectivity index (χ0) is 14.5. The monoisotopic (exact) mass is 294 g/mol. The first kappa shape index (κ1) is 15.1. The lowest BCUT2D eigenvalue weighted by atomic mass is 10.3. The zero-order valence-electron chi connectivity index (χ0n) is 12.8. The summed E-state index contributed by atoms with van der Waals surface area (Å²) in [5.74, 6) is 0.943. The highest BCUT2D eigenvalue weighted by Gasteiger charge is 2.07. The second-order valence-electron chi connectivity index (χ2n) is 5.08. The summed E-state index contributed by atoms with van der Waals surface area (Å²) in [5, 5.41) is 1.03. The molecule has 0 amide bonds. The van der Waals surface area contributed by atoms with Gasteiger partial charge in [-0.15, -0.1) is 0 Å². The minimum atomic E-state index is 0.766. The van der Waals surface area contributed by atoms with Crippen LogP contribution in [-0.4, -0.2) is 45.3 Å². The first-order chi connectivity index (χ1) is 9.63. The van der Waals surface area contributed by atoms with Gasteiger partial charge in [0, 0.05) is 14.1 Å². The summed E-state index contributed by atoms with van der Waals surface area (Å²) in [6, 6.07) is 6.15. The van der Waals surface area contributed by atoms with Crippen molar-refractivity contribution < 1.29 is 9.64 Å². The number of rotatable bonds is 7. The Morgan fingerprint density at radius 1 is 1.25 bits per heavy atom. The maximum Gasteiger partial charge on any atom is 0.185 e. The number of thiazole rings is 1. The maximum absolute atomic E-state index is 5.86. The Hall–Kier alpha value is -1.33. The molecule has 1 N–H and O–H groups in total. The Labute approximate surface area is 125 Å². The summed E-state index contributed by atoms with van der Waals surface area (Å²) in [5.41, 5.74) is 1.04. The van der Waals surface area contributed by atoms with Crippen molar-refractivity contribution in [1.82, 2.24) is 4.98 Å². The minimum Gasteiger partial charge on any atom is -0.488 e. The quantitative estimate of drug-likeness (QED) is 0.842. The normalized spacial score (nSPS) is 11.2. The molecule has 110 valence electrons. The lowest BCUT2D eigenvalue weighted by Crippen LogP contribution is -3.12. The summed E-state index contributed by atoms with van der Waals surface area (Å²) in [7, 11) is 4.03. The first-order valence-electron chi connectivity index (χ1n) is 7.18. The average molecular weight is 294 g/mol. The van der Waals surface area contributed by atoms with Gasteiger partial charge < -0.3 is 14.5 Å². The van der Waals surface area contributed by atoms with Crippen LogP contribution < -0.4 is 14.5 Å². The van der Waals surface area contributed by atoms with E-state index in [0.29, 0.717) is 0 Å². The van der Waals surface area contributed by atoms with Crippen molar-refractivity contribution in [2.24, 2.45) is 0 Å². The third-order valence-electron chi connectivity index (χ3n) is 3.46. The van der Waals surface area contributed by atoms with Crippen LogP contribution in [0.2, 0.25) is 0 Å². The lowest BCUT2D eigenvalue weighted by Gasteiger charge is -2.15. The van der Waals surface area contributed by atoms with Gasteiger partial charge in [-0.1, -0.05) is 11.3 Å². The minimum absolute atomic E-state index is 0.766. The molecular formula is C15H24N3OS+. The number of ether oxygens (including phenoxy) is 1. The van der Waals surface area contributed by atoms with E-state index in [-0.39, 0.29) is 0 Å². The van der Waals surface area contributed by atoms with Gasteiger partial charge in [0.1, 0.15) is 18.9 Å². The fourth-order valence-corrected chi connectivity index (χ4v) is 3.01. The molecule has 0 unspecified atom stereocenters. The Balaban J connectivity index is 2.00. The molecule has 0 aliphatic carbocycles. The molecule has 0 saturated heterocycles. The van der Waals surface area contributed by atoms with Crippen LogP contribution in [0.5, 0.6) is 5.75 Å². The standard InChI is InChI=1S/C15H23N3OS/c1-5-18(6-2)9-10-19-12-7-8-13-14(11-12)20-15(16-13)17(3)4/h7-8,11H,5-6,9-10H2,1-4H3/p+1. The van der Waals surface area contributed by atoms with Crippen molar-refractivity contribution in [2.45, 2.75) is 13.8 Å². The number of quaternary nitrogens is 1. The van der Waals surface area contributed by atoms with E-state index in [1.807, 2.05) is 31.1 Å². The molecule has 4 nitrogen and oxygen atoms in total. The Morgan fingerprint density at radius 3 is 2.65 bits per heavy atom. The highest BCUT2D eigenvalue weighted by atomic mass is 32.1. The number of hydrogen-bond donors (Lipinski definition) is 1. The van der Waals surface area contributed by atoms with Crippen LogP contribution in [0, 0.1) is 0 Å². The summed E-state index contributed by atoms with van der Waals surface area (Å²) >= 11 is 1.70. The highest BCUT2D eigenvalue weighted by Crippen LogP contribution is 2.30. The SMILES string of the molecule is CC[NH+](CC)CCOc1ccc2nc(N(C)C)sc2c1. The summed E-state index contributed by atoms with van der Waals surface area (Å²) in [6.45, 7) is 8.55. The Bertz CT molecular complexity index is 549. The van der Waals surface area contributed by atoms with Crippen LogP contribution in [0.1, 0.15) is 13.8 Å². The molecule has 0 aliphatic rings. The number of likely N-dealkylation sites (N-methyl/N-ethyl adjacent to an activating group) is 1. The number of anilines is 1. The van der Waals surface area contributed by atoms with Crippen molar-refractivity contribution in [3.63, 3.8) is 0 Å². The molecule has 2 aromatic rings. The molecule has 0 saturated carbocycles. The molecule has 0 spiro atoms. The Kier molecular flexibility index (Phi) is 5.20. The smallest absolute Gasteiger partial charge is 0.185 e. The van der Waals surface area contributed by atoms with Crippen molar-refractivity contribution in [3.05, 3.63) is 18.2 Å². The predicted octanol–water partition coefficient (Wildman–Crippen LogP) is 1.67. The van der Waals surface area contributed by atoms with E-state index in [2.05, 4.69) is 24.9 Å². The van der Waals surface area contributed by atoms with E-state index in [4.69, 9.17) is 4.74 Å². The molecule has 0 radical (unpaired) electrons. The van der Waals surface area contributed by atoms with Gasteiger partial charge >= 0.3 is 0 Å². The van der Waals surface area contributed by atoms with E-state index < -0.39 is 0 Å². The first-order valence-corrected chi connectivity index (χ1v) is 8.00. The van der Waals surface area contributed by atoms with E-state index >= 15 is 0 Å². The molecular weight excluding hydrogens is 270 g/mol. The maximum atomic E-state index is 5.86. The number of aromatic nitrogens is 1. The molecule has 0 aliphatic heterocycles. The van der Waals surface area contributed by atoms with Gasteiger partial charge in [-0.3, -0.25) is 0 Å². The van der Waals surface area contributed by atoms with Gasteiger partial charge in [0.25, 0.3) is 0 Å². The van der Waals surface area contributed by atoms with Crippen molar-refractivity contribution in [3.8, 4) is 5.75 Å². The summed E-state index contributed by atoms with van der Waals surface area (Å²) in [4.78, 5) is 8.18. The summed E-state index contributed by atoms with van der Waals surface area (Å²) in [6.07, 6.45) is 0. The molecule has 20 heavy (non-hydrogen) atoms. The number of hydrogen-bond acceptors (Lipinski definition) is 4. The van der Waals surface area contributed by atoms with Gasteiger partial charge in [0.05, 0.1) is 23.3 Å². The van der Waals surface area contributed by atoms with Gasteiger partial charge in [-0.05, 0) is 32.0 Å². The average Bonchev–Trinajstić information content (AvgIpc) is 2.87. The van der Waals surface area contributed by atoms with Crippen LogP contribution in [0.4, 0.5) is 5.13 Å². The largest absolute Gasteiger partial charge is 0.488 e. The van der Waals surface area contributed by atoms with Crippen molar-refractivity contribution in [2.75, 3.05) is 45.2 Å². The molecule has 0 atom stereocenters. The zero-order valence-corrected chi connectivity index (χ0v) is 13.6. The molecule has 1 aromatic heterocycles. The lowest BCUT2D eigenvalue weighted by molar-refractivity contribution is -0.896. The van der Waals surface area contributed by atoms with E-state index in [0.717, 1.165) is 42.6 Å². The number of benzene rings is 1. The summed E-state index contributed by atoms with van der Waals surface area (Å²) < 4.78 is 7.04. The van der Waals surface area contributed by atoms with Gasteiger partial charge in [0.2, 0.25) is 0 Å². The molecule has 0 bridgehead atoms. The molecule has 2 rings (SSSR count). The van der Waals surface area contributed by atoms with E-state index in [1.54, 1.807) is 16.2 Å².